The minimum absolute atomic E-state index is 0.244. The molecule has 18 heavy (non-hydrogen) atoms. The molecule has 4 nitrogen and oxygen atoms in total. The monoisotopic (exact) mass is 261 g/mol. The van der Waals surface area contributed by atoms with E-state index in [1.807, 2.05) is 0 Å². The Morgan fingerprint density at radius 3 is 2.39 bits per heavy atom. The fraction of sp³-hybridized carbons (Fsp3) is 1.00. The van der Waals surface area contributed by atoms with Gasteiger partial charge in [-0.2, -0.15) is 0 Å². The van der Waals surface area contributed by atoms with Crippen molar-refractivity contribution in [2.24, 2.45) is 5.41 Å². The van der Waals surface area contributed by atoms with Crippen molar-refractivity contribution in [3.63, 3.8) is 0 Å². The number of hydrogen-bond acceptors (Lipinski definition) is 4. The average molecular weight is 261 g/mol. The molecule has 0 fully saturated rings. The summed E-state index contributed by atoms with van der Waals surface area (Å²) < 4.78 is 10.7. The molecular formula is C14H31NO3. The third-order valence-electron chi connectivity index (χ3n) is 2.36. The number of aliphatic hydroxyl groups is 1. The Morgan fingerprint density at radius 1 is 1.11 bits per heavy atom. The third-order valence-corrected chi connectivity index (χ3v) is 2.36. The zero-order valence-electron chi connectivity index (χ0n) is 12.5. The van der Waals surface area contributed by atoms with Crippen molar-refractivity contribution < 1.29 is 14.6 Å². The van der Waals surface area contributed by atoms with Gasteiger partial charge in [-0.25, -0.2) is 0 Å². The first-order valence-electron chi connectivity index (χ1n) is 7.00. The molecule has 0 bridgehead atoms. The van der Waals surface area contributed by atoms with E-state index >= 15 is 0 Å². The van der Waals surface area contributed by atoms with Gasteiger partial charge in [0.15, 0.2) is 0 Å². The van der Waals surface area contributed by atoms with Crippen molar-refractivity contribution in [1.29, 1.82) is 0 Å². The topological polar surface area (TPSA) is 50.7 Å². The summed E-state index contributed by atoms with van der Waals surface area (Å²) in [5.41, 5.74) is 0.244. The van der Waals surface area contributed by atoms with Crippen LogP contribution in [0.25, 0.3) is 0 Å². The highest BCUT2D eigenvalue weighted by atomic mass is 16.5. The van der Waals surface area contributed by atoms with Gasteiger partial charge >= 0.3 is 0 Å². The Hall–Kier alpha value is -0.160. The van der Waals surface area contributed by atoms with E-state index in [1.165, 1.54) is 0 Å². The van der Waals surface area contributed by atoms with Crippen molar-refractivity contribution in [3.05, 3.63) is 0 Å². The van der Waals surface area contributed by atoms with Crippen LogP contribution in [0.2, 0.25) is 0 Å². The molecule has 110 valence electrons. The minimum Gasteiger partial charge on any atom is -0.389 e. The van der Waals surface area contributed by atoms with Crippen LogP contribution in [-0.4, -0.2) is 50.7 Å². The number of unbranched alkanes of at least 4 members (excludes halogenated alkanes) is 1. The van der Waals surface area contributed by atoms with E-state index in [0.717, 1.165) is 26.0 Å². The Morgan fingerprint density at radius 2 is 1.78 bits per heavy atom. The van der Waals surface area contributed by atoms with Crippen molar-refractivity contribution >= 4 is 0 Å². The second-order valence-electron chi connectivity index (χ2n) is 5.89. The van der Waals surface area contributed by atoms with Gasteiger partial charge in [-0.3, -0.25) is 0 Å². The zero-order chi connectivity index (χ0) is 13.9. The summed E-state index contributed by atoms with van der Waals surface area (Å²) >= 11 is 0. The van der Waals surface area contributed by atoms with E-state index in [-0.39, 0.29) is 5.41 Å². The number of aliphatic hydroxyl groups excluding tert-OH is 1. The van der Waals surface area contributed by atoms with Crippen molar-refractivity contribution in [3.8, 4) is 0 Å². The molecule has 0 aliphatic rings. The Bertz CT molecular complexity index is 180. The van der Waals surface area contributed by atoms with Crippen LogP contribution in [0, 0.1) is 5.41 Å². The van der Waals surface area contributed by atoms with Gasteiger partial charge in [0.1, 0.15) is 0 Å². The molecule has 4 heteroatoms. The first-order valence-corrected chi connectivity index (χ1v) is 7.00. The fourth-order valence-corrected chi connectivity index (χ4v) is 1.36. The Kier molecular flexibility index (Phi) is 10.6. The maximum absolute atomic E-state index is 9.66. The Labute approximate surface area is 112 Å². The van der Waals surface area contributed by atoms with Crippen LogP contribution < -0.4 is 5.32 Å². The number of ether oxygens (including phenoxy) is 2. The van der Waals surface area contributed by atoms with Crippen LogP contribution in [0.1, 0.15) is 40.5 Å². The van der Waals surface area contributed by atoms with Crippen LogP contribution in [-0.2, 0) is 9.47 Å². The second-order valence-corrected chi connectivity index (χ2v) is 5.89. The third kappa shape index (κ3) is 13.9. The molecule has 0 spiro atoms. The highest BCUT2D eigenvalue weighted by Gasteiger charge is 2.10. The van der Waals surface area contributed by atoms with Gasteiger partial charge in [0.05, 0.1) is 25.9 Å². The normalized spacial score (nSPS) is 13.8. The molecule has 0 aliphatic heterocycles. The number of rotatable bonds is 11. The molecule has 1 atom stereocenters. The van der Waals surface area contributed by atoms with Gasteiger partial charge in [-0.05, 0) is 11.8 Å². The van der Waals surface area contributed by atoms with Crippen molar-refractivity contribution in [1.82, 2.24) is 5.32 Å². The first-order chi connectivity index (χ1) is 8.45. The van der Waals surface area contributed by atoms with Gasteiger partial charge in [0.2, 0.25) is 0 Å². The molecule has 1 unspecified atom stereocenters. The van der Waals surface area contributed by atoms with Gasteiger partial charge in [-0.15, -0.1) is 0 Å². The molecule has 0 aliphatic carbocycles. The maximum Gasteiger partial charge on any atom is 0.0897 e. The predicted octanol–water partition coefficient (Wildman–Crippen LogP) is 1.82. The quantitative estimate of drug-likeness (QED) is 0.557. The first kappa shape index (κ1) is 17.8. The summed E-state index contributed by atoms with van der Waals surface area (Å²) in [6.45, 7) is 12.4. The largest absolute Gasteiger partial charge is 0.389 e. The van der Waals surface area contributed by atoms with E-state index in [0.29, 0.717) is 26.4 Å². The molecule has 0 amide bonds. The highest BCUT2D eigenvalue weighted by Crippen LogP contribution is 2.09. The van der Waals surface area contributed by atoms with E-state index in [2.05, 4.69) is 33.0 Å². The molecule has 0 saturated carbocycles. The highest BCUT2D eigenvalue weighted by molar-refractivity contribution is 4.67. The predicted molar refractivity (Wildman–Crippen MR) is 74.9 cm³/mol. The van der Waals surface area contributed by atoms with Gasteiger partial charge in [-0.1, -0.05) is 34.1 Å². The average Bonchev–Trinajstić information content (AvgIpc) is 2.26. The molecule has 0 aromatic heterocycles. The summed E-state index contributed by atoms with van der Waals surface area (Å²) in [6.07, 6.45) is 1.81. The Balaban J connectivity index is 3.24. The van der Waals surface area contributed by atoms with Gasteiger partial charge < -0.3 is 19.9 Å². The zero-order valence-corrected chi connectivity index (χ0v) is 12.5. The minimum atomic E-state index is -0.442. The standard InChI is InChI=1S/C14H31NO3/c1-5-6-7-17-8-9-18-11-13(16)10-15-12-14(2,3)4/h13,15-16H,5-12H2,1-4H3. The maximum atomic E-state index is 9.66. The summed E-state index contributed by atoms with van der Waals surface area (Å²) in [5.74, 6) is 0. The summed E-state index contributed by atoms with van der Waals surface area (Å²) in [5, 5.41) is 12.9. The lowest BCUT2D eigenvalue weighted by Gasteiger charge is -2.20. The molecular weight excluding hydrogens is 230 g/mol. The molecule has 0 heterocycles. The van der Waals surface area contributed by atoms with E-state index in [4.69, 9.17) is 9.47 Å². The smallest absolute Gasteiger partial charge is 0.0897 e. The van der Waals surface area contributed by atoms with Gasteiger partial charge in [0.25, 0.3) is 0 Å². The fourth-order valence-electron chi connectivity index (χ4n) is 1.36. The summed E-state index contributed by atoms with van der Waals surface area (Å²) in [6, 6.07) is 0. The van der Waals surface area contributed by atoms with Crippen LogP contribution in [0.5, 0.6) is 0 Å². The molecule has 0 rings (SSSR count). The molecule has 0 aromatic carbocycles. The summed E-state index contributed by atoms with van der Waals surface area (Å²) in [7, 11) is 0. The van der Waals surface area contributed by atoms with E-state index in [1.54, 1.807) is 0 Å². The van der Waals surface area contributed by atoms with E-state index in [9.17, 15) is 5.11 Å². The van der Waals surface area contributed by atoms with Crippen LogP contribution in [0.15, 0.2) is 0 Å². The van der Waals surface area contributed by atoms with Gasteiger partial charge in [0, 0.05) is 19.7 Å². The molecule has 0 aromatic rings. The van der Waals surface area contributed by atoms with E-state index < -0.39 is 6.10 Å². The van der Waals surface area contributed by atoms with Crippen LogP contribution in [0.4, 0.5) is 0 Å². The molecule has 0 saturated heterocycles. The lowest BCUT2D eigenvalue weighted by atomic mass is 9.97. The van der Waals surface area contributed by atoms with Crippen molar-refractivity contribution in [2.75, 3.05) is 39.5 Å². The number of nitrogens with one attached hydrogen (secondary N) is 1. The number of hydrogen-bond donors (Lipinski definition) is 2. The summed E-state index contributed by atoms with van der Waals surface area (Å²) in [4.78, 5) is 0. The van der Waals surface area contributed by atoms with Crippen LogP contribution in [0.3, 0.4) is 0 Å². The lowest BCUT2D eigenvalue weighted by Crippen LogP contribution is -2.35. The molecule has 2 N–H and O–H groups in total. The molecule has 0 radical (unpaired) electrons. The lowest BCUT2D eigenvalue weighted by molar-refractivity contribution is 0.00350. The SMILES string of the molecule is CCCCOCCOCC(O)CNCC(C)(C)C. The van der Waals surface area contributed by atoms with Crippen molar-refractivity contribution in [2.45, 2.75) is 46.6 Å². The second kappa shape index (κ2) is 10.7. The van der Waals surface area contributed by atoms with Crippen LogP contribution >= 0.6 is 0 Å².